The number of rotatable bonds is 4. The zero-order valence-electron chi connectivity index (χ0n) is 10.9. The summed E-state index contributed by atoms with van der Waals surface area (Å²) in [4.78, 5) is 24.9. The van der Waals surface area contributed by atoms with Gasteiger partial charge in [-0.25, -0.2) is 4.79 Å². The number of nitrogens with zero attached hydrogens (tertiary/aromatic N) is 1. The number of carbonyl (C=O) groups excluding carboxylic acids is 2. The van der Waals surface area contributed by atoms with E-state index in [-0.39, 0.29) is 12.1 Å². The maximum absolute atomic E-state index is 11.4. The minimum absolute atomic E-state index is 0.112. The molecular weight excluding hydrogens is 220 g/mol. The van der Waals surface area contributed by atoms with Crippen LogP contribution >= 0.6 is 0 Å². The molecule has 98 valence electrons. The van der Waals surface area contributed by atoms with E-state index in [1.54, 1.807) is 6.92 Å². The molecule has 0 saturated carbocycles. The SMILES string of the molecule is CCOC(=O)C(=O)NCC(C)(C)N1CCCC1. The molecule has 1 aliphatic rings. The Kier molecular flexibility index (Phi) is 4.93. The fourth-order valence-electron chi connectivity index (χ4n) is 2.00. The lowest BCUT2D eigenvalue weighted by Crippen LogP contribution is -2.51. The van der Waals surface area contributed by atoms with Gasteiger partial charge in [0, 0.05) is 12.1 Å². The van der Waals surface area contributed by atoms with Crippen LogP contribution in [0.15, 0.2) is 0 Å². The predicted octanol–water partition coefficient (Wildman–Crippen LogP) is 0.540. The van der Waals surface area contributed by atoms with E-state index in [9.17, 15) is 9.59 Å². The summed E-state index contributed by atoms with van der Waals surface area (Å²) in [7, 11) is 0. The molecule has 17 heavy (non-hydrogen) atoms. The molecule has 1 saturated heterocycles. The van der Waals surface area contributed by atoms with E-state index >= 15 is 0 Å². The van der Waals surface area contributed by atoms with E-state index in [4.69, 9.17) is 0 Å². The third-order valence-electron chi connectivity index (χ3n) is 3.10. The molecule has 1 fully saturated rings. The number of nitrogens with one attached hydrogen (secondary N) is 1. The molecule has 0 radical (unpaired) electrons. The predicted molar refractivity (Wildman–Crippen MR) is 64.5 cm³/mol. The molecule has 0 unspecified atom stereocenters. The largest absolute Gasteiger partial charge is 0.459 e. The summed E-state index contributed by atoms with van der Waals surface area (Å²) in [6, 6.07) is 0. The second kappa shape index (κ2) is 6.00. The fourth-order valence-corrected chi connectivity index (χ4v) is 2.00. The average Bonchev–Trinajstić information content (AvgIpc) is 2.80. The molecule has 0 aromatic rings. The van der Waals surface area contributed by atoms with Gasteiger partial charge in [0.05, 0.1) is 6.61 Å². The van der Waals surface area contributed by atoms with Gasteiger partial charge in [0.2, 0.25) is 0 Å². The van der Waals surface area contributed by atoms with Crippen LogP contribution in [0.5, 0.6) is 0 Å². The van der Waals surface area contributed by atoms with Gasteiger partial charge >= 0.3 is 11.9 Å². The molecule has 0 atom stereocenters. The smallest absolute Gasteiger partial charge is 0.396 e. The van der Waals surface area contributed by atoms with Gasteiger partial charge in [0.1, 0.15) is 0 Å². The lowest BCUT2D eigenvalue weighted by molar-refractivity contribution is -0.154. The van der Waals surface area contributed by atoms with Crippen LogP contribution in [0.3, 0.4) is 0 Å². The van der Waals surface area contributed by atoms with E-state index in [0.717, 1.165) is 13.1 Å². The first-order valence-electron chi connectivity index (χ1n) is 6.17. The maximum atomic E-state index is 11.4. The van der Waals surface area contributed by atoms with Gasteiger partial charge < -0.3 is 10.1 Å². The van der Waals surface area contributed by atoms with Gasteiger partial charge in [-0.1, -0.05) is 0 Å². The minimum atomic E-state index is -0.801. The van der Waals surface area contributed by atoms with Crippen molar-refractivity contribution in [3.8, 4) is 0 Å². The van der Waals surface area contributed by atoms with Gasteiger partial charge in [-0.15, -0.1) is 0 Å². The van der Waals surface area contributed by atoms with Crippen molar-refractivity contribution < 1.29 is 14.3 Å². The van der Waals surface area contributed by atoms with Crippen molar-refractivity contribution in [3.63, 3.8) is 0 Å². The molecular formula is C12H22N2O3. The summed E-state index contributed by atoms with van der Waals surface area (Å²) in [5, 5.41) is 2.63. The van der Waals surface area contributed by atoms with Crippen LogP contribution in [0.1, 0.15) is 33.6 Å². The highest BCUT2D eigenvalue weighted by Gasteiger charge is 2.30. The quantitative estimate of drug-likeness (QED) is 0.577. The Labute approximate surface area is 102 Å². The van der Waals surface area contributed by atoms with Crippen molar-refractivity contribution in [2.75, 3.05) is 26.2 Å². The Bertz CT molecular complexity index is 283. The summed E-state index contributed by atoms with van der Waals surface area (Å²) in [5.41, 5.74) is -0.112. The first kappa shape index (κ1) is 14.0. The molecule has 1 rings (SSSR count). The molecule has 5 nitrogen and oxygen atoms in total. The van der Waals surface area contributed by atoms with Crippen molar-refractivity contribution >= 4 is 11.9 Å². The molecule has 0 aromatic carbocycles. The third kappa shape index (κ3) is 4.00. The molecule has 1 N–H and O–H groups in total. The summed E-state index contributed by atoms with van der Waals surface area (Å²) in [6.45, 7) is 8.63. The van der Waals surface area contributed by atoms with Crippen LogP contribution in [0, 0.1) is 0 Å². The average molecular weight is 242 g/mol. The summed E-state index contributed by atoms with van der Waals surface area (Å²) in [6.07, 6.45) is 2.41. The minimum Gasteiger partial charge on any atom is -0.459 e. The monoisotopic (exact) mass is 242 g/mol. The maximum Gasteiger partial charge on any atom is 0.396 e. The Morgan fingerprint density at radius 3 is 2.41 bits per heavy atom. The number of hydrogen-bond acceptors (Lipinski definition) is 4. The lowest BCUT2D eigenvalue weighted by Gasteiger charge is -2.35. The van der Waals surface area contributed by atoms with Crippen molar-refractivity contribution in [1.29, 1.82) is 0 Å². The van der Waals surface area contributed by atoms with Gasteiger partial charge in [-0.05, 0) is 46.7 Å². The Balaban J connectivity index is 2.38. The van der Waals surface area contributed by atoms with E-state index in [2.05, 4.69) is 28.8 Å². The molecule has 1 amide bonds. The fraction of sp³-hybridized carbons (Fsp3) is 0.833. The van der Waals surface area contributed by atoms with Crippen molar-refractivity contribution in [3.05, 3.63) is 0 Å². The van der Waals surface area contributed by atoms with E-state index < -0.39 is 11.9 Å². The number of carbonyl (C=O) groups is 2. The van der Waals surface area contributed by atoms with E-state index in [1.807, 2.05) is 0 Å². The topological polar surface area (TPSA) is 58.6 Å². The molecule has 1 aliphatic heterocycles. The van der Waals surface area contributed by atoms with Gasteiger partial charge in [0.25, 0.3) is 0 Å². The first-order valence-corrected chi connectivity index (χ1v) is 6.17. The van der Waals surface area contributed by atoms with Crippen LogP contribution < -0.4 is 5.32 Å². The number of hydrogen-bond donors (Lipinski definition) is 1. The number of likely N-dealkylation sites (tertiary alicyclic amines) is 1. The highest BCUT2D eigenvalue weighted by atomic mass is 16.5. The Morgan fingerprint density at radius 2 is 1.88 bits per heavy atom. The summed E-state index contributed by atoms with van der Waals surface area (Å²) in [5.74, 6) is -1.45. The zero-order chi connectivity index (χ0) is 12.9. The van der Waals surface area contributed by atoms with E-state index in [1.165, 1.54) is 12.8 Å². The number of esters is 1. The van der Waals surface area contributed by atoms with Crippen molar-refractivity contribution in [2.24, 2.45) is 0 Å². The molecule has 0 spiro atoms. The molecule has 1 heterocycles. The summed E-state index contributed by atoms with van der Waals surface area (Å²) >= 11 is 0. The van der Waals surface area contributed by atoms with Crippen LogP contribution in [0.25, 0.3) is 0 Å². The number of ether oxygens (including phenoxy) is 1. The lowest BCUT2D eigenvalue weighted by atomic mass is 10.0. The molecule has 5 heteroatoms. The van der Waals surface area contributed by atoms with Gasteiger partial charge in [0.15, 0.2) is 0 Å². The highest BCUT2D eigenvalue weighted by Crippen LogP contribution is 2.19. The van der Waals surface area contributed by atoms with Crippen LogP contribution in [0.4, 0.5) is 0 Å². The van der Waals surface area contributed by atoms with Crippen molar-refractivity contribution in [1.82, 2.24) is 10.2 Å². The second-order valence-corrected chi connectivity index (χ2v) is 4.91. The summed E-state index contributed by atoms with van der Waals surface area (Å²) < 4.78 is 4.63. The molecule has 0 bridgehead atoms. The zero-order valence-corrected chi connectivity index (χ0v) is 10.9. The normalized spacial score (nSPS) is 16.9. The van der Waals surface area contributed by atoms with Crippen molar-refractivity contribution in [2.45, 2.75) is 39.2 Å². The number of amides is 1. The Morgan fingerprint density at radius 1 is 1.29 bits per heavy atom. The van der Waals surface area contributed by atoms with E-state index in [0.29, 0.717) is 6.54 Å². The second-order valence-electron chi connectivity index (χ2n) is 4.91. The standard InChI is InChI=1S/C12H22N2O3/c1-4-17-11(16)10(15)13-9-12(2,3)14-7-5-6-8-14/h4-9H2,1-3H3,(H,13,15). The van der Waals surface area contributed by atoms with Crippen LogP contribution in [-0.4, -0.2) is 48.6 Å². The molecule has 0 aliphatic carbocycles. The van der Waals surface area contributed by atoms with Crippen LogP contribution in [-0.2, 0) is 14.3 Å². The Hall–Kier alpha value is -1.10. The highest BCUT2D eigenvalue weighted by molar-refractivity contribution is 6.32. The third-order valence-corrected chi connectivity index (χ3v) is 3.10. The van der Waals surface area contributed by atoms with Gasteiger partial charge in [-0.3, -0.25) is 9.69 Å². The molecule has 0 aromatic heterocycles. The first-order chi connectivity index (χ1) is 7.97. The van der Waals surface area contributed by atoms with Crippen LogP contribution in [0.2, 0.25) is 0 Å². The van der Waals surface area contributed by atoms with Gasteiger partial charge in [-0.2, -0.15) is 0 Å².